The lowest BCUT2D eigenvalue weighted by Gasteiger charge is -2.36. The Morgan fingerprint density at radius 1 is 1.21 bits per heavy atom. The first-order chi connectivity index (χ1) is 11.5. The summed E-state index contributed by atoms with van der Waals surface area (Å²) in [6, 6.07) is 11.0. The minimum atomic E-state index is -0.601. The van der Waals surface area contributed by atoms with E-state index in [0.717, 1.165) is 12.2 Å². The molecule has 0 saturated carbocycles. The Bertz CT molecular complexity index is 765. The van der Waals surface area contributed by atoms with Gasteiger partial charge in [-0.05, 0) is 45.0 Å². The molecule has 24 heavy (non-hydrogen) atoms. The van der Waals surface area contributed by atoms with E-state index < -0.39 is 6.10 Å². The number of hydrogen-bond acceptors (Lipinski definition) is 3. The van der Waals surface area contributed by atoms with Gasteiger partial charge in [-0.2, -0.15) is 0 Å². The molecule has 0 radical (unpaired) electrons. The molecule has 1 aliphatic heterocycles. The van der Waals surface area contributed by atoms with Crippen molar-refractivity contribution in [1.29, 1.82) is 0 Å². The van der Waals surface area contributed by atoms with Crippen molar-refractivity contribution < 1.29 is 14.3 Å². The van der Waals surface area contributed by atoms with Gasteiger partial charge < -0.3 is 14.2 Å². The Morgan fingerprint density at radius 3 is 2.75 bits per heavy atom. The molecule has 0 aliphatic carbocycles. The first-order valence-electron chi connectivity index (χ1n) is 8.20. The number of carbonyl (C=O) groups excluding carboxylic acids is 2. The molecule has 0 fully saturated rings. The fraction of sp³-hybridized carbons (Fsp3) is 0.368. The van der Waals surface area contributed by atoms with Crippen LogP contribution in [0.1, 0.15) is 42.9 Å². The van der Waals surface area contributed by atoms with E-state index in [0.29, 0.717) is 17.9 Å². The summed E-state index contributed by atoms with van der Waals surface area (Å²) >= 11 is 0. The third-order valence-electron chi connectivity index (χ3n) is 4.53. The van der Waals surface area contributed by atoms with E-state index >= 15 is 0 Å². The fourth-order valence-electron chi connectivity index (χ4n) is 3.16. The monoisotopic (exact) mass is 326 g/mol. The van der Waals surface area contributed by atoms with Crippen LogP contribution in [0.3, 0.4) is 0 Å². The van der Waals surface area contributed by atoms with Gasteiger partial charge in [-0.3, -0.25) is 9.59 Å². The molecule has 0 saturated heterocycles. The van der Waals surface area contributed by atoms with Crippen molar-refractivity contribution in [3.05, 3.63) is 53.9 Å². The number of fused-ring (bicyclic) bond motifs is 1. The molecule has 5 heteroatoms. The van der Waals surface area contributed by atoms with Crippen LogP contribution in [0.25, 0.3) is 0 Å². The van der Waals surface area contributed by atoms with Crippen molar-refractivity contribution in [3.63, 3.8) is 0 Å². The minimum absolute atomic E-state index is 0.0233. The zero-order chi connectivity index (χ0) is 17.3. The Balaban J connectivity index is 1.71. The highest BCUT2D eigenvalue weighted by Gasteiger charge is 2.31. The summed E-state index contributed by atoms with van der Waals surface area (Å²) in [5, 5.41) is 0. The van der Waals surface area contributed by atoms with Crippen molar-refractivity contribution in [2.24, 2.45) is 0 Å². The Hall–Kier alpha value is -2.56. The molecule has 2 aromatic rings. The number of amides is 1. The highest BCUT2D eigenvalue weighted by Crippen LogP contribution is 2.26. The lowest BCUT2D eigenvalue weighted by Crippen LogP contribution is -2.46. The first-order valence-corrected chi connectivity index (χ1v) is 8.20. The molecular weight excluding hydrogens is 304 g/mol. The lowest BCUT2D eigenvalue weighted by atomic mass is 10.1. The maximum atomic E-state index is 12.8. The molecule has 1 aromatic carbocycles. The molecule has 0 unspecified atom stereocenters. The van der Waals surface area contributed by atoms with Crippen LogP contribution < -0.4 is 4.74 Å². The summed E-state index contributed by atoms with van der Waals surface area (Å²) in [5.41, 5.74) is 1.72. The summed E-state index contributed by atoms with van der Waals surface area (Å²) in [6.45, 7) is 6.77. The molecule has 0 N–H and O–H groups in total. The second-order valence-electron chi connectivity index (χ2n) is 6.18. The van der Waals surface area contributed by atoms with Crippen molar-refractivity contribution in [1.82, 2.24) is 9.47 Å². The van der Waals surface area contributed by atoms with E-state index in [1.165, 1.54) is 6.92 Å². The van der Waals surface area contributed by atoms with Crippen LogP contribution >= 0.6 is 0 Å². The van der Waals surface area contributed by atoms with Gasteiger partial charge in [0.2, 0.25) is 0 Å². The molecular formula is C19H22N2O3. The molecule has 0 bridgehead atoms. The zero-order valence-corrected chi connectivity index (χ0v) is 14.2. The van der Waals surface area contributed by atoms with Gasteiger partial charge in [0.15, 0.2) is 11.9 Å². The van der Waals surface area contributed by atoms with Crippen molar-refractivity contribution in [2.45, 2.75) is 39.5 Å². The lowest BCUT2D eigenvalue weighted by molar-refractivity contribution is -0.141. The van der Waals surface area contributed by atoms with Crippen LogP contribution in [-0.4, -0.2) is 33.8 Å². The van der Waals surface area contributed by atoms with Crippen LogP contribution in [0.5, 0.6) is 5.75 Å². The molecule has 2 atom stereocenters. The predicted molar refractivity (Wildman–Crippen MR) is 91.1 cm³/mol. The van der Waals surface area contributed by atoms with E-state index in [1.54, 1.807) is 31.2 Å². The number of benzene rings is 1. The van der Waals surface area contributed by atoms with E-state index in [2.05, 4.69) is 4.57 Å². The molecule has 1 amide bonds. The normalized spacial score (nSPS) is 18.0. The molecule has 0 spiro atoms. The third-order valence-corrected chi connectivity index (χ3v) is 4.53. The maximum absolute atomic E-state index is 12.8. The summed E-state index contributed by atoms with van der Waals surface area (Å²) in [4.78, 5) is 26.1. The fourth-order valence-corrected chi connectivity index (χ4v) is 3.16. The third kappa shape index (κ3) is 3.07. The quantitative estimate of drug-likeness (QED) is 0.812. The molecule has 1 aromatic heterocycles. The Morgan fingerprint density at radius 2 is 2.00 bits per heavy atom. The number of nitrogens with zero attached hydrogens (tertiary/aromatic N) is 2. The second kappa shape index (κ2) is 6.51. The van der Waals surface area contributed by atoms with Gasteiger partial charge in [0.1, 0.15) is 5.75 Å². The van der Waals surface area contributed by atoms with Gasteiger partial charge in [0, 0.05) is 30.5 Å². The standard InChI is InChI=1S/C19H22N2O3/c1-13-18-8-5-9-20(18)10-11-21(13)19(23)15(3)24-17-7-4-6-16(12-17)14(2)22/h4-9,12-13,15H,10-11H2,1-3H3/t13-,15+/m1/s1. The molecule has 2 heterocycles. The van der Waals surface area contributed by atoms with Crippen molar-refractivity contribution in [2.75, 3.05) is 6.54 Å². The van der Waals surface area contributed by atoms with E-state index in [9.17, 15) is 9.59 Å². The maximum Gasteiger partial charge on any atom is 0.263 e. The first kappa shape index (κ1) is 16.3. The average Bonchev–Trinajstić information content (AvgIpc) is 3.04. The predicted octanol–water partition coefficient (Wildman–Crippen LogP) is 3.06. The number of Topliss-reactive ketones (excluding diaryl/α,β-unsaturated/α-hetero) is 1. The van der Waals surface area contributed by atoms with Crippen molar-refractivity contribution in [3.8, 4) is 5.75 Å². The summed E-state index contributed by atoms with van der Waals surface area (Å²) in [7, 11) is 0. The van der Waals surface area contributed by atoms with Crippen LogP contribution in [0, 0.1) is 0 Å². The van der Waals surface area contributed by atoms with Crippen LogP contribution in [0.4, 0.5) is 0 Å². The Labute approximate surface area is 141 Å². The number of hydrogen-bond donors (Lipinski definition) is 0. The highest BCUT2D eigenvalue weighted by atomic mass is 16.5. The van der Waals surface area contributed by atoms with Gasteiger partial charge in [0.25, 0.3) is 5.91 Å². The number of rotatable bonds is 4. The number of carbonyl (C=O) groups is 2. The molecule has 126 valence electrons. The van der Waals surface area contributed by atoms with Crippen LogP contribution in [0.2, 0.25) is 0 Å². The summed E-state index contributed by atoms with van der Waals surface area (Å²) < 4.78 is 7.96. The number of ketones is 1. The second-order valence-corrected chi connectivity index (χ2v) is 6.18. The smallest absolute Gasteiger partial charge is 0.263 e. The average molecular weight is 326 g/mol. The zero-order valence-electron chi connectivity index (χ0n) is 14.2. The van der Waals surface area contributed by atoms with Gasteiger partial charge in [-0.25, -0.2) is 0 Å². The van der Waals surface area contributed by atoms with E-state index in [1.807, 2.05) is 30.2 Å². The molecule has 3 rings (SSSR count). The Kier molecular flexibility index (Phi) is 4.42. The molecule has 1 aliphatic rings. The number of ether oxygens (including phenoxy) is 1. The van der Waals surface area contributed by atoms with Gasteiger partial charge in [0.05, 0.1) is 6.04 Å². The minimum Gasteiger partial charge on any atom is -0.481 e. The van der Waals surface area contributed by atoms with Crippen LogP contribution in [0.15, 0.2) is 42.6 Å². The van der Waals surface area contributed by atoms with E-state index in [4.69, 9.17) is 4.74 Å². The van der Waals surface area contributed by atoms with Crippen molar-refractivity contribution >= 4 is 11.7 Å². The highest BCUT2D eigenvalue weighted by molar-refractivity contribution is 5.94. The van der Waals surface area contributed by atoms with E-state index in [-0.39, 0.29) is 17.7 Å². The van der Waals surface area contributed by atoms with Gasteiger partial charge in [-0.1, -0.05) is 12.1 Å². The summed E-state index contributed by atoms with van der Waals surface area (Å²) in [5.74, 6) is 0.476. The molecule has 5 nitrogen and oxygen atoms in total. The number of aromatic nitrogens is 1. The SMILES string of the molecule is CC(=O)c1cccc(O[C@@H](C)C(=O)N2CCn3cccc3[C@H]2C)c1. The largest absolute Gasteiger partial charge is 0.481 e. The van der Waals surface area contributed by atoms with Crippen LogP contribution in [-0.2, 0) is 11.3 Å². The van der Waals surface area contributed by atoms with Gasteiger partial charge in [-0.15, -0.1) is 0 Å². The van der Waals surface area contributed by atoms with Gasteiger partial charge >= 0.3 is 0 Å². The summed E-state index contributed by atoms with van der Waals surface area (Å²) in [6.07, 6.45) is 1.44. The topological polar surface area (TPSA) is 51.5 Å².